The number of hydrogen-bond acceptors (Lipinski definition) is 5. The minimum Gasteiger partial charge on any atom is -0.442 e. The molecule has 1 saturated heterocycles. The van der Waals surface area contributed by atoms with Crippen LogP contribution in [0.25, 0.3) is 0 Å². The molecule has 1 heterocycles. The zero-order valence-electron chi connectivity index (χ0n) is 9.58. The molecule has 2 N–H and O–H groups in total. The van der Waals surface area contributed by atoms with Crippen molar-refractivity contribution in [3.63, 3.8) is 0 Å². The molecule has 4 unspecified atom stereocenters. The van der Waals surface area contributed by atoms with Crippen LogP contribution in [0.4, 0.5) is 4.79 Å². The maximum atomic E-state index is 11.7. The lowest BCUT2D eigenvalue weighted by molar-refractivity contribution is -0.228. The van der Waals surface area contributed by atoms with E-state index in [2.05, 4.69) is 0 Å². The van der Waals surface area contributed by atoms with E-state index in [4.69, 9.17) is 9.57 Å². The summed E-state index contributed by atoms with van der Waals surface area (Å²) >= 11 is 0. The largest absolute Gasteiger partial charge is 0.442 e. The standard InChI is InChI=1S/C10H17NO5/c1-10(2,3)15-9(14)11-5-4-6(16-11)8(13)7(5)12/h5-8,12-13H,4H2,1-3H3. The van der Waals surface area contributed by atoms with Crippen molar-refractivity contribution >= 4 is 6.09 Å². The highest BCUT2D eigenvalue weighted by Crippen LogP contribution is 2.36. The van der Waals surface area contributed by atoms with Gasteiger partial charge in [0.2, 0.25) is 0 Å². The zero-order chi connectivity index (χ0) is 12.1. The zero-order valence-corrected chi connectivity index (χ0v) is 9.58. The summed E-state index contributed by atoms with van der Waals surface area (Å²) in [5.74, 6) is 0. The summed E-state index contributed by atoms with van der Waals surface area (Å²) in [6, 6.07) is -0.505. The van der Waals surface area contributed by atoms with Gasteiger partial charge in [0.25, 0.3) is 0 Å². The van der Waals surface area contributed by atoms with Gasteiger partial charge in [0.05, 0.1) is 6.04 Å². The summed E-state index contributed by atoms with van der Waals surface area (Å²) in [5.41, 5.74) is -0.605. The minimum absolute atomic E-state index is 0.446. The summed E-state index contributed by atoms with van der Waals surface area (Å²) in [6.07, 6.45) is -2.55. The first-order valence-electron chi connectivity index (χ1n) is 5.35. The van der Waals surface area contributed by atoms with Gasteiger partial charge in [-0.25, -0.2) is 4.79 Å². The summed E-state index contributed by atoms with van der Waals surface area (Å²) in [4.78, 5) is 16.9. The predicted molar refractivity (Wildman–Crippen MR) is 53.4 cm³/mol. The molecule has 0 aromatic rings. The van der Waals surface area contributed by atoms with Crippen molar-refractivity contribution in [1.82, 2.24) is 5.06 Å². The smallest absolute Gasteiger partial charge is 0.434 e. The fraction of sp³-hybridized carbons (Fsp3) is 0.900. The first-order chi connectivity index (χ1) is 7.29. The van der Waals surface area contributed by atoms with E-state index in [0.29, 0.717) is 6.42 Å². The van der Waals surface area contributed by atoms with Gasteiger partial charge in [-0.2, -0.15) is 5.06 Å². The molecule has 0 spiro atoms. The Morgan fingerprint density at radius 2 is 2.00 bits per heavy atom. The van der Waals surface area contributed by atoms with E-state index in [1.807, 2.05) is 0 Å². The maximum Gasteiger partial charge on any atom is 0.434 e. The number of carbonyl (C=O) groups is 1. The van der Waals surface area contributed by atoms with Crippen LogP contribution >= 0.6 is 0 Å². The molecular formula is C10H17NO5. The third kappa shape index (κ3) is 1.88. The second-order valence-electron chi connectivity index (χ2n) is 5.23. The van der Waals surface area contributed by atoms with Crippen LogP contribution in [0.3, 0.4) is 0 Å². The highest BCUT2D eigenvalue weighted by atomic mass is 16.8. The van der Waals surface area contributed by atoms with Crippen LogP contribution in [0.5, 0.6) is 0 Å². The fourth-order valence-corrected chi connectivity index (χ4v) is 2.01. The van der Waals surface area contributed by atoms with Gasteiger partial charge in [-0.3, -0.25) is 4.84 Å². The van der Waals surface area contributed by atoms with Crippen LogP contribution in [0.15, 0.2) is 0 Å². The maximum absolute atomic E-state index is 11.7. The Morgan fingerprint density at radius 3 is 2.44 bits per heavy atom. The monoisotopic (exact) mass is 231 g/mol. The van der Waals surface area contributed by atoms with Gasteiger partial charge in [-0.05, 0) is 20.8 Å². The molecule has 0 aromatic heterocycles. The number of aliphatic hydroxyl groups is 2. The van der Waals surface area contributed by atoms with E-state index < -0.39 is 36.0 Å². The number of amides is 1. The van der Waals surface area contributed by atoms with Crippen molar-refractivity contribution in [2.24, 2.45) is 0 Å². The molecule has 1 amide bonds. The lowest BCUT2D eigenvalue weighted by Crippen LogP contribution is -2.51. The second-order valence-corrected chi connectivity index (χ2v) is 5.23. The van der Waals surface area contributed by atoms with Gasteiger partial charge in [0.15, 0.2) is 0 Å². The van der Waals surface area contributed by atoms with Crippen LogP contribution in [0.1, 0.15) is 27.2 Å². The van der Waals surface area contributed by atoms with Gasteiger partial charge in [-0.15, -0.1) is 0 Å². The molecule has 6 heteroatoms. The molecule has 2 bridgehead atoms. The summed E-state index contributed by atoms with van der Waals surface area (Å²) in [6.45, 7) is 5.26. The van der Waals surface area contributed by atoms with Gasteiger partial charge >= 0.3 is 6.09 Å². The number of aliphatic hydroxyl groups excluding tert-OH is 2. The van der Waals surface area contributed by atoms with E-state index >= 15 is 0 Å². The van der Waals surface area contributed by atoms with Crippen molar-refractivity contribution in [2.45, 2.75) is 57.1 Å². The predicted octanol–water partition coefficient (Wildman–Crippen LogP) is 0.0314. The van der Waals surface area contributed by atoms with Crippen LogP contribution in [-0.4, -0.2) is 51.3 Å². The third-order valence-electron chi connectivity index (χ3n) is 2.72. The molecule has 0 aromatic carbocycles. The molecular weight excluding hydrogens is 214 g/mol. The topological polar surface area (TPSA) is 79.2 Å². The van der Waals surface area contributed by atoms with Crippen molar-refractivity contribution < 1.29 is 24.6 Å². The van der Waals surface area contributed by atoms with Gasteiger partial charge in [-0.1, -0.05) is 0 Å². The Kier molecular flexibility index (Phi) is 2.60. The van der Waals surface area contributed by atoms with Crippen LogP contribution < -0.4 is 0 Å². The molecule has 0 radical (unpaired) electrons. The van der Waals surface area contributed by atoms with E-state index in [9.17, 15) is 15.0 Å². The molecule has 2 rings (SSSR count). The molecule has 1 saturated carbocycles. The minimum atomic E-state index is -0.953. The Bertz CT molecular complexity index is 298. The van der Waals surface area contributed by atoms with Crippen molar-refractivity contribution in [2.75, 3.05) is 0 Å². The van der Waals surface area contributed by atoms with Crippen LogP contribution in [0, 0.1) is 0 Å². The number of nitrogens with zero attached hydrogens (tertiary/aromatic N) is 1. The first kappa shape index (κ1) is 11.6. The van der Waals surface area contributed by atoms with Crippen LogP contribution in [-0.2, 0) is 9.57 Å². The Labute approximate surface area is 93.7 Å². The molecule has 4 atom stereocenters. The quantitative estimate of drug-likeness (QED) is 0.615. The van der Waals surface area contributed by atoms with Crippen molar-refractivity contribution in [3.8, 4) is 0 Å². The number of carbonyl (C=O) groups excluding carboxylic acids is 1. The van der Waals surface area contributed by atoms with Crippen LogP contribution in [0.2, 0.25) is 0 Å². The number of rotatable bonds is 0. The fourth-order valence-electron chi connectivity index (χ4n) is 2.01. The van der Waals surface area contributed by atoms with E-state index in [1.54, 1.807) is 20.8 Å². The van der Waals surface area contributed by atoms with E-state index in [-0.39, 0.29) is 0 Å². The van der Waals surface area contributed by atoms with E-state index in [0.717, 1.165) is 5.06 Å². The first-order valence-corrected chi connectivity index (χ1v) is 5.35. The molecule has 92 valence electrons. The Balaban J connectivity index is 2.01. The Hall–Kier alpha value is -0.850. The molecule has 1 aliphatic heterocycles. The summed E-state index contributed by atoms with van der Waals surface area (Å²) in [7, 11) is 0. The van der Waals surface area contributed by atoms with Crippen molar-refractivity contribution in [1.29, 1.82) is 0 Å². The molecule has 6 nitrogen and oxygen atoms in total. The molecule has 1 aliphatic carbocycles. The number of ether oxygens (including phenoxy) is 1. The average Bonchev–Trinajstić information content (AvgIpc) is 2.65. The summed E-state index contributed by atoms with van der Waals surface area (Å²) in [5, 5.41) is 20.1. The van der Waals surface area contributed by atoms with Crippen molar-refractivity contribution in [3.05, 3.63) is 0 Å². The summed E-state index contributed by atoms with van der Waals surface area (Å²) < 4.78 is 5.13. The number of hydrogen-bond donors (Lipinski definition) is 2. The highest BCUT2D eigenvalue weighted by molar-refractivity contribution is 5.68. The molecule has 16 heavy (non-hydrogen) atoms. The highest BCUT2D eigenvalue weighted by Gasteiger charge is 2.55. The molecule has 2 fully saturated rings. The lowest BCUT2D eigenvalue weighted by Gasteiger charge is -2.33. The number of fused-ring (bicyclic) bond motifs is 2. The van der Waals surface area contributed by atoms with Gasteiger partial charge < -0.3 is 14.9 Å². The average molecular weight is 231 g/mol. The third-order valence-corrected chi connectivity index (χ3v) is 2.72. The number of hydroxylamine groups is 2. The molecule has 2 aliphatic rings. The normalized spacial score (nSPS) is 37.9. The van der Waals surface area contributed by atoms with Gasteiger partial charge in [0.1, 0.15) is 23.9 Å². The van der Waals surface area contributed by atoms with Gasteiger partial charge in [0, 0.05) is 6.42 Å². The SMILES string of the molecule is CC(C)(C)OC(=O)N1OC2CC1C(O)C2O. The Morgan fingerprint density at radius 1 is 1.38 bits per heavy atom. The second kappa shape index (κ2) is 3.58. The van der Waals surface area contributed by atoms with E-state index in [1.165, 1.54) is 0 Å². The lowest BCUT2D eigenvalue weighted by atomic mass is 10.2.